The molecule has 1 aromatic heterocycles. The van der Waals surface area contributed by atoms with E-state index in [1.54, 1.807) is 19.2 Å². The summed E-state index contributed by atoms with van der Waals surface area (Å²) in [5.41, 5.74) is 1.09. The number of hydrogen-bond acceptors (Lipinski definition) is 4. The van der Waals surface area contributed by atoms with Crippen molar-refractivity contribution in [3.8, 4) is 0 Å². The Labute approximate surface area is 120 Å². The van der Waals surface area contributed by atoms with Gasteiger partial charge in [-0.25, -0.2) is 9.78 Å². The molecule has 0 aliphatic rings. The zero-order valence-electron chi connectivity index (χ0n) is 12.7. The van der Waals surface area contributed by atoms with Gasteiger partial charge in [0.05, 0.1) is 12.2 Å². The zero-order chi connectivity index (χ0) is 15.1. The second-order valence-corrected chi connectivity index (χ2v) is 5.20. The van der Waals surface area contributed by atoms with Gasteiger partial charge >= 0.3 is 5.97 Å². The van der Waals surface area contributed by atoms with Gasteiger partial charge in [0, 0.05) is 25.9 Å². The molecule has 1 rings (SSSR count). The lowest BCUT2D eigenvalue weighted by atomic mass is 10.1. The van der Waals surface area contributed by atoms with Crippen LogP contribution < -0.4 is 4.90 Å². The predicted octanol–water partition coefficient (Wildman–Crippen LogP) is 2.45. The SMILES string of the molecule is CCc1cc(C(=O)O)cc(N(CCOC)CC(C)C)n1. The summed E-state index contributed by atoms with van der Waals surface area (Å²) < 4.78 is 5.12. The third-order valence-electron chi connectivity index (χ3n) is 2.95. The van der Waals surface area contributed by atoms with Crippen molar-refractivity contribution in [1.82, 2.24) is 4.98 Å². The molecule has 0 fully saturated rings. The molecule has 1 aromatic rings. The highest BCUT2D eigenvalue weighted by Gasteiger charge is 2.14. The highest BCUT2D eigenvalue weighted by atomic mass is 16.5. The van der Waals surface area contributed by atoms with Crippen LogP contribution in [0.1, 0.15) is 36.8 Å². The number of aromatic carboxylic acids is 1. The molecule has 0 bridgehead atoms. The van der Waals surface area contributed by atoms with Crippen molar-refractivity contribution >= 4 is 11.8 Å². The van der Waals surface area contributed by atoms with Gasteiger partial charge in [0.25, 0.3) is 0 Å². The molecule has 112 valence electrons. The molecular weight excluding hydrogens is 256 g/mol. The van der Waals surface area contributed by atoms with Crippen LogP contribution in [0.25, 0.3) is 0 Å². The largest absolute Gasteiger partial charge is 0.478 e. The molecule has 0 atom stereocenters. The summed E-state index contributed by atoms with van der Waals surface area (Å²) in [5, 5.41) is 9.20. The van der Waals surface area contributed by atoms with Crippen LogP contribution >= 0.6 is 0 Å². The summed E-state index contributed by atoms with van der Waals surface area (Å²) in [4.78, 5) is 17.8. The number of aromatic nitrogens is 1. The zero-order valence-corrected chi connectivity index (χ0v) is 12.7. The average Bonchev–Trinajstić information content (AvgIpc) is 2.42. The molecule has 20 heavy (non-hydrogen) atoms. The number of aryl methyl sites for hydroxylation is 1. The Kier molecular flexibility index (Phi) is 6.45. The fourth-order valence-electron chi connectivity index (χ4n) is 1.98. The molecule has 1 heterocycles. The standard InChI is InChI=1S/C15H24N2O3/c1-5-13-8-12(15(18)19)9-14(16-13)17(6-7-20-4)10-11(2)3/h8-9,11H,5-7,10H2,1-4H3,(H,18,19). The lowest BCUT2D eigenvalue weighted by molar-refractivity contribution is 0.0696. The number of nitrogens with zero attached hydrogens (tertiary/aromatic N) is 2. The second kappa shape index (κ2) is 7.85. The van der Waals surface area contributed by atoms with Gasteiger partial charge in [-0.05, 0) is 24.5 Å². The first kappa shape index (κ1) is 16.4. The first-order valence-corrected chi connectivity index (χ1v) is 6.96. The quantitative estimate of drug-likeness (QED) is 0.792. The van der Waals surface area contributed by atoms with Crippen molar-refractivity contribution in [2.45, 2.75) is 27.2 Å². The fraction of sp³-hybridized carbons (Fsp3) is 0.600. The Morgan fingerprint density at radius 3 is 2.65 bits per heavy atom. The first-order chi connectivity index (χ1) is 9.47. The highest BCUT2D eigenvalue weighted by Crippen LogP contribution is 2.17. The van der Waals surface area contributed by atoms with Crippen LogP contribution in [0.2, 0.25) is 0 Å². The van der Waals surface area contributed by atoms with E-state index in [4.69, 9.17) is 4.74 Å². The van der Waals surface area contributed by atoms with Crippen LogP contribution in [0.4, 0.5) is 5.82 Å². The molecule has 0 aliphatic heterocycles. The van der Waals surface area contributed by atoms with E-state index in [0.29, 0.717) is 31.3 Å². The summed E-state index contributed by atoms with van der Waals surface area (Å²) in [5.74, 6) is 0.263. The molecule has 0 unspecified atom stereocenters. The van der Waals surface area contributed by atoms with E-state index in [1.807, 2.05) is 6.92 Å². The molecular formula is C15H24N2O3. The van der Waals surface area contributed by atoms with Gasteiger partial charge in [0.15, 0.2) is 0 Å². The lowest BCUT2D eigenvalue weighted by Gasteiger charge is -2.26. The normalized spacial score (nSPS) is 10.8. The van der Waals surface area contributed by atoms with Gasteiger partial charge in [-0.3, -0.25) is 0 Å². The number of hydrogen-bond donors (Lipinski definition) is 1. The first-order valence-electron chi connectivity index (χ1n) is 6.96. The van der Waals surface area contributed by atoms with Crippen molar-refractivity contribution < 1.29 is 14.6 Å². The fourth-order valence-corrected chi connectivity index (χ4v) is 1.98. The van der Waals surface area contributed by atoms with Crippen molar-refractivity contribution in [3.63, 3.8) is 0 Å². The van der Waals surface area contributed by atoms with Crippen LogP contribution in [0.5, 0.6) is 0 Å². The molecule has 0 amide bonds. The number of carboxylic acids is 1. The van der Waals surface area contributed by atoms with Crippen molar-refractivity contribution in [3.05, 3.63) is 23.4 Å². The van der Waals surface area contributed by atoms with E-state index >= 15 is 0 Å². The molecule has 0 saturated carbocycles. The maximum atomic E-state index is 11.2. The van der Waals surface area contributed by atoms with E-state index in [0.717, 1.165) is 12.2 Å². The summed E-state index contributed by atoms with van der Waals surface area (Å²) in [7, 11) is 1.66. The monoisotopic (exact) mass is 280 g/mol. The third kappa shape index (κ3) is 4.81. The molecule has 0 aromatic carbocycles. The Morgan fingerprint density at radius 2 is 2.15 bits per heavy atom. The molecule has 0 aliphatic carbocycles. The van der Waals surface area contributed by atoms with E-state index < -0.39 is 5.97 Å². The lowest BCUT2D eigenvalue weighted by Crippen LogP contribution is -2.32. The number of pyridine rings is 1. The Hall–Kier alpha value is -1.62. The smallest absolute Gasteiger partial charge is 0.335 e. The predicted molar refractivity (Wildman–Crippen MR) is 79.5 cm³/mol. The van der Waals surface area contributed by atoms with Crippen LogP contribution in [0.3, 0.4) is 0 Å². The highest BCUT2D eigenvalue weighted by molar-refractivity contribution is 5.88. The summed E-state index contributed by atoms with van der Waals surface area (Å²) in [6.07, 6.45) is 0.716. The molecule has 5 heteroatoms. The van der Waals surface area contributed by atoms with Crippen molar-refractivity contribution in [1.29, 1.82) is 0 Å². The van der Waals surface area contributed by atoms with Gasteiger partial charge < -0.3 is 14.7 Å². The van der Waals surface area contributed by atoms with Crippen LogP contribution in [-0.2, 0) is 11.2 Å². The third-order valence-corrected chi connectivity index (χ3v) is 2.95. The number of methoxy groups -OCH3 is 1. The summed E-state index contributed by atoms with van der Waals surface area (Å²) >= 11 is 0. The van der Waals surface area contributed by atoms with Gasteiger partial charge in [-0.15, -0.1) is 0 Å². The maximum absolute atomic E-state index is 11.2. The van der Waals surface area contributed by atoms with Crippen LogP contribution in [-0.4, -0.2) is 42.9 Å². The minimum atomic E-state index is -0.917. The van der Waals surface area contributed by atoms with Gasteiger partial charge in [0.1, 0.15) is 5.82 Å². The molecule has 1 N–H and O–H groups in total. The Balaban J connectivity index is 3.09. The Morgan fingerprint density at radius 1 is 1.45 bits per heavy atom. The van der Waals surface area contributed by atoms with Gasteiger partial charge in [0.2, 0.25) is 0 Å². The van der Waals surface area contributed by atoms with Gasteiger partial charge in [-0.1, -0.05) is 20.8 Å². The van der Waals surface area contributed by atoms with Gasteiger partial charge in [-0.2, -0.15) is 0 Å². The summed E-state index contributed by atoms with van der Waals surface area (Å²) in [6.45, 7) is 8.34. The van der Waals surface area contributed by atoms with Crippen LogP contribution in [0, 0.1) is 5.92 Å². The van der Waals surface area contributed by atoms with Crippen molar-refractivity contribution in [2.24, 2.45) is 5.92 Å². The van der Waals surface area contributed by atoms with E-state index in [9.17, 15) is 9.90 Å². The number of carboxylic acid groups (broad SMARTS) is 1. The van der Waals surface area contributed by atoms with Crippen LogP contribution in [0.15, 0.2) is 12.1 Å². The average molecular weight is 280 g/mol. The van der Waals surface area contributed by atoms with E-state index in [2.05, 4.69) is 23.7 Å². The second-order valence-electron chi connectivity index (χ2n) is 5.20. The minimum absolute atomic E-state index is 0.290. The molecule has 5 nitrogen and oxygen atoms in total. The topological polar surface area (TPSA) is 62.7 Å². The molecule has 0 spiro atoms. The van der Waals surface area contributed by atoms with Crippen molar-refractivity contribution in [2.75, 3.05) is 31.7 Å². The number of ether oxygens (including phenoxy) is 1. The van der Waals surface area contributed by atoms with E-state index in [1.165, 1.54) is 0 Å². The van der Waals surface area contributed by atoms with E-state index in [-0.39, 0.29) is 5.56 Å². The molecule has 0 saturated heterocycles. The number of carbonyl (C=O) groups is 1. The number of anilines is 1. The Bertz CT molecular complexity index is 447. The number of rotatable bonds is 8. The minimum Gasteiger partial charge on any atom is -0.478 e. The summed E-state index contributed by atoms with van der Waals surface area (Å²) in [6, 6.07) is 3.27. The maximum Gasteiger partial charge on any atom is 0.335 e. The molecule has 0 radical (unpaired) electrons.